The topological polar surface area (TPSA) is 92.7 Å². The van der Waals surface area contributed by atoms with Crippen LogP contribution in [0.1, 0.15) is 31.7 Å². The molecule has 2 aromatic rings. The Morgan fingerprint density at radius 2 is 1.57 bits per heavy atom. The van der Waals surface area contributed by atoms with Gasteiger partial charge in [0.05, 0.1) is 4.90 Å². The van der Waals surface area contributed by atoms with Crippen LogP contribution in [0.2, 0.25) is 0 Å². The number of hydrogen-bond acceptors (Lipinski definition) is 5. The quantitative estimate of drug-likeness (QED) is 0.571. The van der Waals surface area contributed by atoms with Crippen LogP contribution in [-0.2, 0) is 25.8 Å². The molecule has 1 fully saturated rings. The highest BCUT2D eigenvalue weighted by atomic mass is 32.2. The summed E-state index contributed by atoms with van der Waals surface area (Å²) in [5.74, 6) is -0.911. The van der Waals surface area contributed by atoms with Crippen molar-refractivity contribution in [3.8, 4) is 11.1 Å². The highest BCUT2D eigenvalue weighted by Gasteiger charge is 2.52. The molecule has 1 heterocycles. The van der Waals surface area contributed by atoms with Crippen LogP contribution in [0.25, 0.3) is 11.1 Å². The molecule has 0 saturated carbocycles. The summed E-state index contributed by atoms with van der Waals surface area (Å²) in [7, 11) is -4.00. The molecule has 28 heavy (non-hydrogen) atoms. The SMILES string of the molecule is CCCc1ccc(-c2ccc(S(=O)(=O)C3(C(=O)NO)CCOCC3)cc2)cc1. The lowest BCUT2D eigenvalue weighted by atomic mass is 9.98. The highest BCUT2D eigenvalue weighted by Crippen LogP contribution is 2.36. The van der Waals surface area contributed by atoms with E-state index < -0.39 is 20.5 Å². The van der Waals surface area contributed by atoms with Gasteiger partial charge in [-0.3, -0.25) is 10.0 Å². The first-order valence-corrected chi connectivity index (χ1v) is 10.9. The van der Waals surface area contributed by atoms with E-state index in [1.807, 2.05) is 12.1 Å². The zero-order valence-electron chi connectivity index (χ0n) is 15.8. The van der Waals surface area contributed by atoms with E-state index in [-0.39, 0.29) is 31.0 Å². The summed E-state index contributed by atoms with van der Waals surface area (Å²) >= 11 is 0. The first-order valence-electron chi connectivity index (χ1n) is 9.41. The number of sulfone groups is 1. The average Bonchev–Trinajstić information content (AvgIpc) is 2.74. The first kappa shape index (κ1) is 20.5. The number of rotatable bonds is 6. The van der Waals surface area contributed by atoms with Crippen molar-refractivity contribution in [1.82, 2.24) is 5.48 Å². The molecule has 7 heteroatoms. The molecule has 0 unspecified atom stereocenters. The minimum Gasteiger partial charge on any atom is -0.381 e. The van der Waals surface area contributed by atoms with Crippen molar-refractivity contribution in [2.24, 2.45) is 0 Å². The summed E-state index contributed by atoms with van der Waals surface area (Å²) in [5, 5.41) is 9.11. The number of hydrogen-bond donors (Lipinski definition) is 2. The van der Waals surface area contributed by atoms with Crippen LogP contribution in [0.15, 0.2) is 53.4 Å². The van der Waals surface area contributed by atoms with Crippen LogP contribution >= 0.6 is 0 Å². The van der Waals surface area contributed by atoms with Crippen LogP contribution < -0.4 is 5.48 Å². The molecule has 0 radical (unpaired) electrons. The second-order valence-electron chi connectivity index (χ2n) is 7.02. The Morgan fingerprint density at radius 3 is 2.07 bits per heavy atom. The zero-order chi connectivity index (χ0) is 20.2. The van der Waals surface area contributed by atoms with Crippen molar-refractivity contribution < 1.29 is 23.2 Å². The first-order chi connectivity index (χ1) is 13.4. The highest BCUT2D eigenvalue weighted by molar-refractivity contribution is 7.93. The average molecular weight is 404 g/mol. The third-order valence-corrected chi connectivity index (χ3v) is 7.84. The number of nitrogens with one attached hydrogen (secondary N) is 1. The molecule has 1 amide bonds. The fourth-order valence-electron chi connectivity index (χ4n) is 3.63. The monoisotopic (exact) mass is 403 g/mol. The Kier molecular flexibility index (Phi) is 6.17. The maximum Gasteiger partial charge on any atom is 0.265 e. The third kappa shape index (κ3) is 3.70. The van der Waals surface area contributed by atoms with Crippen LogP contribution in [-0.4, -0.2) is 37.5 Å². The molecular formula is C21H25NO5S. The predicted octanol–water partition coefficient (Wildman–Crippen LogP) is 3.13. The van der Waals surface area contributed by atoms with Crippen LogP contribution in [0.3, 0.4) is 0 Å². The molecule has 1 saturated heterocycles. The second-order valence-corrected chi connectivity index (χ2v) is 9.28. The van der Waals surface area contributed by atoms with Gasteiger partial charge in [0.15, 0.2) is 14.6 Å². The van der Waals surface area contributed by atoms with E-state index >= 15 is 0 Å². The van der Waals surface area contributed by atoms with Crippen LogP contribution in [0.5, 0.6) is 0 Å². The maximum absolute atomic E-state index is 13.2. The van der Waals surface area contributed by atoms with Crippen molar-refractivity contribution in [3.63, 3.8) is 0 Å². The fraction of sp³-hybridized carbons (Fsp3) is 0.381. The molecule has 0 aliphatic carbocycles. The minimum atomic E-state index is -4.00. The lowest BCUT2D eigenvalue weighted by Crippen LogP contribution is -2.54. The molecule has 150 valence electrons. The van der Waals surface area contributed by atoms with E-state index in [4.69, 9.17) is 9.94 Å². The Labute approximate surface area is 165 Å². The van der Waals surface area contributed by atoms with E-state index in [9.17, 15) is 13.2 Å². The summed E-state index contributed by atoms with van der Waals surface area (Å²) < 4.78 is 30.0. The largest absolute Gasteiger partial charge is 0.381 e. The minimum absolute atomic E-state index is 0.00235. The summed E-state index contributed by atoms with van der Waals surface area (Å²) in [6.45, 7) is 2.43. The third-order valence-electron chi connectivity index (χ3n) is 5.32. The Morgan fingerprint density at radius 1 is 1.04 bits per heavy atom. The number of carbonyl (C=O) groups is 1. The van der Waals surface area contributed by atoms with E-state index in [0.29, 0.717) is 0 Å². The van der Waals surface area contributed by atoms with Gasteiger partial charge in [0.1, 0.15) is 0 Å². The van der Waals surface area contributed by atoms with Gasteiger partial charge in [-0.1, -0.05) is 49.7 Å². The summed E-state index contributed by atoms with van der Waals surface area (Å²) in [4.78, 5) is 12.3. The molecule has 0 aromatic heterocycles. The molecular weight excluding hydrogens is 378 g/mol. The van der Waals surface area contributed by atoms with E-state index in [1.165, 1.54) is 23.2 Å². The Hall–Kier alpha value is -2.22. The van der Waals surface area contributed by atoms with E-state index in [0.717, 1.165) is 24.0 Å². The lowest BCUT2D eigenvalue weighted by molar-refractivity contribution is -0.134. The summed E-state index contributed by atoms with van der Waals surface area (Å²) in [6.07, 6.45) is 2.11. The number of hydroxylamine groups is 1. The van der Waals surface area contributed by atoms with E-state index in [2.05, 4.69) is 19.1 Å². The van der Waals surface area contributed by atoms with Gasteiger partial charge in [0, 0.05) is 13.2 Å². The molecule has 2 N–H and O–H groups in total. The van der Waals surface area contributed by atoms with Crippen molar-refractivity contribution in [1.29, 1.82) is 0 Å². The van der Waals surface area contributed by atoms with Gasteiger partial charge in [-0.05, 0) is 48.1 Å². The molecule has 1 aliphatic heterocycles. The van der Waals surface area contributed by atoms with Crippen molar-refractivity contribution in [2.45, 2.75) is 42.2 Å². The van der Waals surface area contributed by atoms with Gasteiger partial charge in [0.2, 0.25) is 0 Å². The van der Waals surface area contributed by atoms with Gasteiger partial charge in [-0.25, -0.2) is 13.9 Å². The number of ether oxygens (including phenoxy) is 1. The standard InChI is InChI=1S/C21H25NO5S/c1-2-3-16-4-6-17(7-5-16)18-8-10-19(11-9-18)28(25,26)21(20(23)22-24)12-14-27-15-13-21/h4-11,24H,2-3,12-15H2,1H3,(H,22,23). The molecule has 2 aromatic carbocycles. The Balaban J connectivity index is 1.91. The number of amides is 1. The molecule has 0 atom stereocenters. The Bertz CT molecular complexity index is 914. The van der Waals surface area contributed by atoms with Crippen molar-refractivity contribution >= 4 is 15.7 Å². The summed E-state index contributed by atoms with van der Waals surface area (Å²) in [5.41, 5.74) is 4.69. The molecule has 1 aliphatic rings. The van der Waals surface area contributed by atoms with Crippen molar-refractivity contribution in [2.75, 3.05) is 13.2 Å². The maximum atomic E-state index is 13.2. The van der Waals surface area contributed by atoms with Gasteiger partial charge < -0.3 is 4.74 Å². The molecule has 0 spiro atoms. The van der Waals surface area contributed by atoms with Gasteiger partial charge >= 0.3 is 0 Å². The van der Waals surface area contributed by atoms with Gasteiger partial charge in [-0.2, -0.15) is 0 Å². The number of aryl methyl sites for hydroxylation is 1. The lowest BCUT2D eigenvalue weighted by Gasteiger charge is -2.34. The van der Waals surface area contributed by atoms with Gasteiger partial charge in [0.25, 0.3) is 5.91 Å². The summed E-state index contributed by atoms with van der Waals surface area (Å²) in [6, 6.07) is 14.7. The molecule has 6 nitrogen and oxygen atoms in total. The zero-order valence-corrected chi connectivity index (χ0v) is 16.7. The van der Waals surface area contributed by atoms with Gasteiger partial charge in [-0.15, -0.1) is 0 Å². The van der Waals surface area contributed by atoms with Crippen LogP contribution in [0.4, 0.5) is 0 Å². The number of carbonyl (C=O) groups excluding carboxylic acids is 1. The molecule has 3 rings (SSSR count). The fourth-order valence-corrected chi connectivity index (χ4v) is 5.56. The second kappa shape index (κ2) is 8.43. The number of benzene rings is 2. The van der Waals surface area contributed by atoms with Crippen molar-refractivity contribution in [3.05, 3.63) is 54.1 Å². The van der Waals surface area contributed by atoms with Crippen LogP contribution in [0, 0.1) is 0 Å². The van der Waals surface area contributed by atoms with E-state index in [1.54, 1.807) is 12.1 Å². The molecule has 0 bridgehead atoms. The normalized spacial score (nSPS) is 16.5. The predicted molar refractivity (Wildman–Crippen MR) is 106 cm³/mol. The smallest absolute Gasteiger partial charge is 0.265 e.